The van der Waals surface area contributed by atoms with Gasteiger partial charge in [0.25, 0.3) is 0 Å². The van der Waals surface area contributed by atoms with E-state index < -0.39 is 12.0 Å². The van der Waals surface area contributed by atoms with Crippen molar-refractivity contribution in [1.82, 2.24) is 5.32 Å². The molecular weight excluding hydrogens is 318 g/mol. The Morgan fingerprint density at radius 3 is 2.70 bits per heavy atom. The third kappa shape index (κ3) is 5.73. The first-order valence-electron chi connectivity index (χ1n) is 6.28. The molecule has 0 aliphatic rings. The molecule has 1 heterocycles. The van der Waals surface area contributed by atoms with Crippen molar-refractivity contribution in [2.45, 2.75) is 32.1 Å². The molecule has 20 heavy (non-hydrogen) atoms. The summed E-state index contributed by atoms with van der Waals surface area (Å²) in [4.78, 5) is 24.0. The molecule has 1 unspecified atom stereocenters. The van der Waals surface area contributed by atoms with Gasteiger partial charge in [0, 0.05) is 10.6 Å². The van der Waals surface area contributed by atoms with Crippen LogP contribution in [-0.4, -0.2) is 28.8 Å². The molecule has 0 radical (unpaired) electrons. The van der Waals surface area contributed by atoms with Gasteiger partial charge in [0.2, 0.25) is 5.91 Å². The summed E-state index contributed by atoms with van der Waals surface area (Å²) < 4.78 is 0.729. The number of thioether (sulfide) groups is 1. The van der Waals surface area contributed by atoms with Crippen molar-refractivity contribution < 1.29 is 14.7 Å². The number of carboxylic acids is 1. The lowest BCUT2D eigenvalue weighted by atomic mass is 9.99. The number of hydrogen-bond donors (Lipinski definition) is 2. The topological polar surface area (TPSA) is 66.4 Å². The molecule has 2 atom stereocenters. The van der Waals surface area contributed by atoms with E-state index in [0.717, 1.165) is 9.21 Å². The number of nitrogens with one attached hydrogen (secondary N) is 1. The number of carbonyl (C=O) groups is 2. The highest BCUT2D eigenvalue weighted by atomic mass is 35.5. The summed E-state index contributed by atoms with van der Waals surface area (Å²) in [7, 11) is 0. The SMILES string of the molecule is CCC(C)[C@H](NC(=O)CSCc1ccc(Cl)s1)C(=O)O. The average molecular weight is 336 g/mol. The Kier molecular flexibility index (Phi) is 7.40. The Balaban J connectivity index is 2.36. The second-order valence-corrected chi connectivity index (χ2v) is 7.25. The van der Waals surface area contributed by atoms with Gasteiger partial charge in [-0.25, -0.2) is 4.79 Å². The number of amides is 1. The predicted octanol–water partition coefficient (Wildman–Crippen LogP) is 3.25. The van der Waals surface area contributed by atoms with Crippen LogP contribution in [0.4, 0.5) is 0 Å². The molecule has 0 aliphatic heterocycles. The van der Waals surface area contributed by atoms with Crippen molar-refractivity contribution in [3.05, 3.63) is 21.3 Å². The lowest BCUT2D eigenvalue weighted by Crippen LogP contribution is -2.45. The van der Waals surface area contributed by atoms with E-state index in [-0.39, 0.29) is 17.6 Å². The number of carbonyl (C=O) groups excluding carboxylic acids is 1. The van der Waals surface area contributed by atoms with E-state index in [2.05, 4.69) is 5.32 Å². The number of aliphatic carboxylic acids is 1. The zero-order chi connectivity index (χ0) is 15.1. The summed E-state index contributed by atoms with van der Waals surface area (Å²) in [6, 6.07) is 2.94. The maximum absolute atomic E-state index is 11.8. The molecule has 0 aliphatic carbocycles. The molecule has 112 valence electrons. The van der Waals surface area contributed by atoms with Crippen LogP contribution in [0.5, 0.6) is 0 Å². The molecule has 1 amide bonds. The molecule has 1 aromatic heterocycles. The Morgan fingerprint density at radius 1 is 1.50 bits per heavy atom. The first-order chi connectivity index (χ1) is 9.43. The van der Waals surface area contributed by atoms with Crippen molar-refractivity contribution in [2.24, 2.45) is 5.92 Å². The van der Waals surface area contributed by atoms with Crippen LogP contribution in [0.1, 0.15) is 25.1 Å². The van der Waals surface area contributed by atoms with Gasteiger partial charge in [-0.05, 0) is 18.1 Å². The molecule has 0 spiro atoms. The molecule has 1 rings (SSSR count). The summed E-state index contributed by atoms with van der Waals surface area (Å²) in [5.74, 6) is -0.368. The Bertz CT molecular complexity index is 464. The number of hydrogen-bond acceptors (Lipinski definition) is 4. The van der Waals surface area contributed by atoms with Gasteiger partial charge in [0.15, 0.2) is 0 Å². The van der Waals surface area contributed by atoms with Gasteiger partial charge in [-0.2, -0.15) is 0 Å². The van der Waals surface area contributed by atoms with Gasteiger partial charge < -0.3 is 10.4 Å². The van der Waals surface area contributed by atoms with E-state index >= 15 is 0 Å². The predicted molar refractivity (Wildman–Crippen MR) is 84.5 cm³/mol. The van der Waals surface area contributed by atoms with Crippen LogP contribution in [0.25, 0.3) is 0 Å². The third-order valence-electron chi connectivity index (χ3n) is 2.90. The minimum absolute atomic E-state index is 0.0856. The first-order valence-corrected chi connectivity index (χ1v) is 8.63. The van der Waals surface area contributed by atoms with Gasteiger partial charge in [0.05, 0.1) is 10.1 Å². The van der Waals surface area contributed by atoms with Crippen LogP contribution in [-0.2, 0) is 15.3 Å². The number of rotatable bonds is 8. The van der Waals surface area contributed by atoms with Crippen molar-refractivity contribution in [3.8, 4) is 0 Å². The normalized spacial score (nSPS) is 13.8. The van der Waals surface area contributed by atoms with Crippen molar-refractivity contribution in [3.63, 3.8) is 0 Å². The second kappa shape index (κ2) is 8.54. The van der Waals surface area contributed by atoms with Gasteiger partial charge in [0.1, 0.15) is 6.04 Å². The van der Waals surface area contributed by atoms with Gasteiger partial charge in [-0.3, -0.25) is 4.79 Å². The minimum Gasteiger partial charge on any atom is -0.480 e. The van der Waals surface area contributed by atoms with Crippen molar-refractivity contribution in [1.29, 1.82) is 0 Å². The molecule has 0 aromatic carbocycles. The second-order valence-electron chi connectivity index (χ2n) is 4.47. The highest BCUT2D eigenvalue weighted by Crippen LogP contribution is 2.25. The monoisotopic (exact) mass is 335 g/mol. The summed E-state index contributed by atoms with van der Waals surface area (Å²) in [5, 5.41) is 11.7. The van der Waals surface area contributed by atoms with E-state index in [4.69, 9.17) is 16.7 Å². The third-order valence-corrected chi connectivity index (χ3v) is 5.30. The fourth-order valence-electron chi connectivity index (χ4n) is 1.57. The number of carboxylic acid groups (broad SMARTS) is 1. The fraction of sp³-hybridized carbons (Fsp3) is 0.538. The Labute approximate surface area is 131 Å². The van der Waals surface area contributed by atoms with Crippen LogP contribution in [0, 0.1) is 5.92 Å². The lowest BCUT2D eigenvalue weighted by Gasteiger charge is -2.19. The number of thiophene rings is 1. The van der Waals surface area contributed by atoms with Crippen LogP contribution in [0.2, 0.25) is 4.34 Å². The van der Waals surface area contributed by atoms with Crippen molar-refractivity contribution >= 4 is 46.6 Å². The smallest absolute Gasteiger partial charge is 0.326 e. The van der Waals surface area contributed by atoms with Crippen LogP contribution >= 0.6 is 34.7 Å². The first kappa shape index (κ1) is 17.3. The molecule has 0 bridgehead atoms. The molecule has 7 heteroatoms. The minimum atomic E-state index is -0.984. The highest BCUT2D eigenvalue weighted by molar-refractivity contribution is 7.99. The lowest BCUT2D eigenvalue weighted by molar-refractivity contribution is -0.143. The van der Waals surface area contributed by atoms with Gasteiger partial charge in [-0.15, -0.1) is 23.1 Å². The van der Waals surface area contributed by atoms with E-state index in [1.165, 1.54) is 23.1 Å². The molecular formula is C13H18ClNO3S2. The van der Waals surface area contributed by atoms with Crippen LogP contribution < -0.4 is 5.32 Å². The van der Waals surface area contributed by atoms with E-state index in [1.54, 1.807) is 0 Å². The molecule has 2 N–H and O–H groups in total. The molecule has 4 nitrogen and oxygen atoms in total. The number of halogens is 1. The Hall–Kier alpha value is -0.720. The maximum atomic E-state index is 11.8. The largest absolute Gasteiger partial charge is 0.480 e. The maximum Gasteiger partial charge on any atom is 0.326 e. The fourth-order valence-corrected chi connectivity index (χ4v) is 3.61. The van der Waals surface area contributed by atoms with E-state index in [0.29, 0.717) is 12.2 Å². The van der Waals surface area contributed by atoms with Gasteiger partial charge >= 0.3 is 5.97 Å². The quantitative estimate of drug-likeness (QED) is 0.765. The van der Waals surface area contributed by atoms with E-state index in [1.807, 2.05) is 26.0 Å². The summed E-state index contributed by atoms with van der Waals surface area (Å²) in [6.45, 7) is 3.72. The molecule has 1 aromatic rings. The van der Waals surface area contributed by atoms with Crippen LogP contribution in [0.3, 0.4) is 0 Å². The highest BCUT2D eigenvalue weighted by Gasteiger charge is 2.24. The zero-order valence-electron chi connectivity index (χ0n) is 11.4. The Morgan fingerprint density at radius 2 is 2.20 bits per heavy atom. The standard InChI is InChI=1S/C13H18ClNO3S2/c1-3-8(2)12(13(17)18)15-11(16)7-19-6-9-4-5-10(14)20-9/h4-5,8,12H,3,6-7H2,1-2H3,(H,15,16)(H,17,18)/t8?,12-/m0/s1. The molecule has 0 saturated carbocycles. The van der Waals surface area contributed by atoms with E-state index in [9.17, 15) is 9.59 Å². The molecule has 0 fully saturated rings. The summed E-state index contributed by atoms with van der Waals surface area (Å²) in [5.41, 5.74) is 0. The molecule has 0 saturated heterocycles. The summed E-state index contributed by atoms with van der Waals surface area (Å²) in [6.07, 6.45) is 0.706. The zero-order valence-corrected chi connectivity index (χ0v) is 13.8. The average Bonchev–Trinajstić information content (AvgIpc) is 2.80. The van der Waals surface area contributed by atoms with Crippen molar-refractivity contribution in [2.75, 3.05) is 5.75 Å². The summed E-state index contributed by atoms with van der Waals surface area (Å²) >= 11 is 8.75. The van der Waals surface area contributed by atoms with Crippen LogP contribution in [0.15, 0.2) is 12.1 Å². The van der Waals surface area contributed by atoms with Gasteiger partial charge in [-0.1, -0.05) is 31.9 Å².